The molecule has 0 radical (unpaired) electrons. The van der Waals surface area contributed by atoms with Gasteiger partial charge in [0.2, 0.25) is 0 Å². The predicted octanol–water partition coefficient (Wildman–Crippen LogP) is 2.79. The van der Waals surface area contributed by atoms with Crippen molar-refractivity contribution in [3.8, 4) is 11.8 Å². The summed E-state index contributed by atoms with van der Waals surface area (Å²) in [6.45, 7) is 3.77. The molecule has 0 aliphatic heterocycles. The lowest BCUT2D eigenvalue weighted by molar-refractivity contribution is 0.318. The Hall–Kier alpha value is -1.37. The van der Waals surface area contributed by atoms with E-state index in [-0.39, 0.29) is 12.4 Å². The number of benzene rings is 1. The average molecular weight is 263 g/mol. The molecule has 0 amide bonds. The second kappa shape index (κ2) is 8.68. The fourth-order valence-corrected chi connectivity index (χ4v) is 1.92. The molecule has 0 saturated carbocycles. The molecule has 104 valence electrons. The van der Waals surface area contributed by atoms with Crippen molar-refractivity contribution in [3.63, 3.8) is 0 Å². The maximum absolute atomic E-state index is 13.5. The van der Waals surface area contributed by atoms with Crippen molar-refractivity contribution in [2.24, 2.45) is 0 Å². The molecule has 0 aliphatic carbocycles. The summed E-state index contributed by atoms with van der Waals surface area (Å²) in [7, 11) is 2.07. The molecule has 1 N–H and O–H groups in total. The molecular weight excluding hydrogens is 241 g/mol. The summed E-state index contributed by atoms with van der Waals surface area (Å²) in [5, 5.41) is 8.65. The largest absolute Gasteiger partial charge is 0.384 e. The summed E-state index contributed by atoms with van der Waals surface area (Å²) in [6, 6.07) is 4.99. The Bertz CT molecular complexity index is 448. The molecule has 0 bridgehead atoms. The summed E-state index contributed by atoms with van der Waals surface area (Å²) in [6.07, 6.45) is 3.64. The summed E-state index contributed by atoms with van der Waals surface area (Å²) >= 11 is 0. The van der Waals surface area contributed by atoms with Crippen LogP contribution in [0.2, 0.25) is 0 Å². The van der Waals surface area contributed by atoms with Crippen LogP contribution >= 0.6 is 0 Å². The van der Waals surface area contributed by atoms with Crippen molar-refractivity contribution >= 4 is 0 Å². The van der Waals surface area contributed by atoms with E-state index in [1.165, 1.54) is 25.3 Å². The molecule has 1 aromatic carbocycles. The monoisotopic (exact) mass is 263 g/mol. The lowest BCUT2D eigenvalue weighted by atomic mass is 10.1. The van der Waals surface area contributed by atoms with Crippen LogP contribution in [0.5, 0.6) is 0 Å². The highest BCUT2D eigenvalue weighted by Gasteiger charge is 2.04. The fourth-order valence-electron chi connectivity index (χ4n) is 1.92. The van der Waals surface area contributed by atoms with E-state index in [0.29, 0.717) is 5.56 Å². The molecule has 1 aromatic rings. The molecule has 1 rings (SSSR count). The van der Waals surface area contributed by atoms with Gasteiger partial charge >= 0.3 is 0 Å². The third-order valence-corrected chi connectivity index (χ3v) is 2.93. The normalized spacial score (nSPS) is 10.4. The molecule has 0 fully saturated rings. The minimum absolute atomic E-state index is 0.249. The van der Waals surface area contributed by atoms with Crippen molar-refractivity contribution in [3.05, 3.63) is 35.1 Å². The van der Waals surface area contributed by atoms with E-state index in [4.69, 9.17) is 5.11 Å². The number of rotatable bonds is 6. The van der Waals surface area contributed by atoms with Crippen LogP contribution in [0.15, 0.2) is 18.2 Å². The maximum atomic E-state index is 13.5. The van der Waals surface area contributed by atoms with Crippen molar-refractivity contribution in [2.75, 3.05) is 20.2 Å². The van der Waals surface area contributed by atoms with Crippen molar-refractivity contribution < 1.29 is 9.50 Å². The number of halogens is 1. The fraction of sp³-hybridized carbons (Fsp3) is 0.500. The van der Waals surface area contributed by atoms with E-state index in [2.05, 4.69) is 30.7 Å². The van der Waals surface area contributed by atoms with Gasteiger partial charge in [-0.1, -0.05) is 37.7 Å². The lowest BCUT2D eigenvalue weighted by Crippen LogP contribution is -2.19. The second-order valence-corrected chi connectivity index (χ2v) is 4.72. The van der Waals surface area contributed by atoms with Crippen molar-refractivity contribution in [2.45, 2.75) is 32.7 Å². The van der Waals surface area contributed by atoms with Gasteiger partial charge in [-0.25, -0.2) is 4.39 Å². The molecule has 0 atom stereocenters. The topological polar surface area (TPSA) is 23.5 Å². The van der Waals surface area contributed by atoms with Crippen LogP contribution < -0.4 is 0 Å². The van der Waals surface area contributed by atoms with Gasteiger partial charge in [-0.2, -0.15) is 0 Å². The molecule has 0 saturated heterocycles. The van der Waals surface area contributed by atoms with E-state index >= 15 is 0 Å². The van der Waals surface area contributed by atoms with E-state index in [1.54, 1.807) is 12.1 Å². The second-order valence-electron chi connectivity index (χ2n) is 4.72. The van der Waals surface area contributed by atoms with Gasteiger partial charge in [0.05, 0.1) is 5.56 Å². The van der Waals surface area contributed by atoms with Crippen LogP contribution in [0.3, 0.4) is 0 Å². The molecule has 19 heavy (non-hydrogen) atoms. The van der Waals surface area contributed by atoms with Gasteiger partial charge in [0, 0.05) is 6.54 Å². The number of aliphatic hydroxyl groups excluding tert-OH is 1. The van der Waals surface area contributed by atoms with Crippen LogP contribution in [0.25, 0.3) is 0 Å². The minimum Gasteiger partial charge on any atom is -0.384 e. The Balaban J connectivity index is 2.63. The van der Waals surface area contributed by atoms with Crippen molar-refractivity contribution in [1.29, 1.82) is 0 Å². The van der Waals surface area contributed by atoms with Crippen LogP contribution in [-0.2, 0) is 6.54 Å². The summed E-state index contributed by atoms with van der Waals surface area (Å²) in [4.78, 5) is 2.23. The molecule has 0 heterocycles. The summed E-state index contributed by atoms with van der Waals surface area (Å²) in [5.41, 5.74) is 1.40. The average Bonchev–Trinajstić information content (AvgIpc) is 2.39. The standard InChI is InChI=1S/C16H22FNO/c1-3-4-5-10-18(2)13-14-8-9-16(17)15(12-14)7-6-11-19/h8-9,12,19H,3-5,10-11,13H2,1-2H3. The van der Waals surface area contributed by atoms with Gasteiger partial charge in [0.15, 0.2) is 0 Å². The van der Waals surface area contributed by atoms with E-state index in [9.17, 15) is 4.39 Å². The number of hydrogen-bond acceptors (Lipinski definition) is 2. The third-order valence-electron chi connectivity index (χ3n) is 2.93. The number of aliphatic hydroxyl groups is 1. The Morgan fingerprint density at radius 1 is 1.32 bits per heavy atom. The molecular formula is C16H22FNO. The minimum atomic E-state index is -0.335. The van der Waals surface area contributed by atoms with E-state index < -0.39 is 0 Å². The smallest absolute Gasteiger partial charge is 0.138 e. The van der Waals surface area contributed by atoms with Gasteiger partial charge in [-0.05, 0) is 37.7 Å². The van der Waals surface area contributed by atoms with Crippen molar-refractivity contribution in [1.82, 2.24) is 4.90 Å². The third kappa shape index (κ3) is 5.87. The first-order valence-electron chi connectivity index (χ1n) is 6.74. The lowest BCUT2D eigenvalue weighted by Gasteiger charge is -2.16. The Labute approximate surface area is 115 Å². The highest BCUT2D eigenvalue weighted by atomic mass is 19.1. The van der Waals surface area contributed by atoms with E-state index in [1.807, 2.05) is 0 Å². The van der Waals surface area contributed by atoms with Crippen LogP contribution in [0, 0.1) is 17.7 Å². The van der Waals surface area contributed by atoms with Gasteiger partial charge in [-0.15, -0.1) is 0 Å². The zero-order valence-corrected chi connectivity index (χ0v) is 11.7. The van der Waals surface area contributed by atoms with Gasteiger partial charge in [0.25, 0.3) is 0 Å². The molecule has 0 unspecified atom stereocenters. The summed E-state index contributed by atoms with van der Waals surface area (Å²) in [5.74, 6) is 4.78. The zero-order valence-electron chi connectivity index (χ0n) is 11.7. The quantitative estimate of drug-likeness (QED) is 0.630. The van der Waals surface area contributed by atoms with Crippen LogP contribution in [0.4, 0.5) is 4.39 Å². The molecule has 0 aromatic heterocycles. The SMILES string of the molecule is CCCCCN(C)Cc1ccc(F)c(C#CCO)c1. The summed E-state index contributed by atoms with van der Waals surface area (Å²) < 4.78 is 13.5. The first-order chi connectivity index (χ1) is 9.17. The van der Waals surface area contributed by atoms with E-state index in [0.717, 1.165) is 18.7 Å². The van der Waals surface area contributed by atoms with Crippen LogP contribution in [0.1, 0.15) is 37.3 Å². The number of nitrogens with zero attached hydrogens (tertiary/aromatic N) is 1. The molecule has 3 heteroatoms. The number of hydrogen-bond donors (Lipinski definition) is 1. The Morgan fingerprint density at radius 2 is 2.11 bits per heavy atom. The highest BCUT2D eigenvalue weighted by Crippen LogP contribution is 2.11. The first kappa shape index (κ1) is 15.7. The zero-order chi connectivity index (χ0) is 14.1. The first-order valence-corrected chi connectivity index (χ1v) is 6.74. The number of unbranched alkanes of at least 4 members (excludes halogenated alkanes) is 2. The predicted molar refractivity (Wildman–Crippen MR) is 76.2 cm³/mol. The van der Waals surface area contributed by atoms with Crippen LogP contribution in [-0.4, -0.2) is 30.2 Å². The molecule has 0 spiro atoms. The Kier molecular flexibility index (Phi) is 7.17. The van der Waals surface area contributed by atoms with Gasteiger partial charge < -0.3 is 10.0 Å². The highest BCUT2D eigenvalue weighted by molar-refractivity contribution is 5.38. The Morgan fingerprint density at radius 3 is 2.79 bits per heavy atom. The van der Waals surface area contributed by atoms with Gasteiger partial charge in [0.1, 0.15) is 12.4 Å². The molecule has 2 nitrogen and oxygen atoms in total. The van der Waals surface area contributed by atoms with Gasteiger partial charge in [-0.3, -0.25) is 0 Å². The maximum Gasteiger partial charge on any atom is 0.138 e. The molecule has 0 aliphatic rings.